The third-order valence-corrected chi connectivity index (χ3v) is 16.4. The molecule has 0 atom stereocenters. The lowest BCUT2D eigenvalue weighted by molar-refractivity contribution is 0.282. The van der Waals surface area contributed by atoms with Gasteiger partial charge in [0.05, 0.1) is 17.0 Å². The highest BCUT2D eigenvalue weighted by atomic mass is 16.3. The molecule has 0 saturated heterocycles. The van der Waals surface area contributed by atoms with Gasteiger partial charge in [0.1, 0.15) is 68.5 Å². The maximum absolute atomic E-state index is 7.68. The van der Waals surface area contributed by atoms with Gasteiger partial charge >= 0.3 is 0 Å². The van der Waals surface area contributed by atoms with Crippen LogP contribution in [0, 0.1) is 6.92 Å². The van der Waals surface area contributed by atoms with Crippen molar-refractivity contribution in [3.8, 4) is 11.1 Å². The number of fused-ring (bicyclic) bond motifs is 6. The van der Waals surface area contributed by atoms with Gasteiger partial charge in [0, 0.05) is 44.7 Å². The molecule has 10 rings (SSSR count). The van der Waals surface area contributed by atoms with E-state index in [1.807, 2.05) is 12.1 Å². The van der Waals surface area contributed by atoms with E-state index in [9.17, 15) is 0 Å². The third kappa shape index (κ3) is 7.64. The van der Waals surface area contributed by atoms with E-state index in [-0.39, 0.29) is 55.7 Å². The average molecular weight is 919 g/mol. The lowest BCUT2D eigenvalue weighted by atomic mass is 9.35. The Labute approximate surface area is 440 Å². The fourth-order valence-corrected chi connectivity index (χ4v) is 11.7. The average Bonchev–Trinajstić information content (AvgIpc) is 3.73. The van der Waals surface area contributed by atoms with Crippen molar-refractivity contribution < 1.29 is 4.42 Å². The summed E-state index contributed by atoms with van der Waals surface area (Å²) in [6.07, 6.45) is 2.01. The van der Waals surface area contributed by atoms with E-state index in [0.717, 1.165) is 97.1 Å². The predicted molar refractivity (Wildman–Crippen MR) is 317 cm³/mol. The highest BCUT2D eigenvalue weighted by molar-refractivity contribution is 6.99. The summed E-state index contributed by atoms with van der Waals surface area (Å²) in [7, 11) is 53.4. The molecular formula is C60H57B9N2O. The third-order valence-electron chi connectivity index (χ3n) is 16.4. The van der Waals surface area contributed by atoms with Crippen molar-refractivity contribution in [2.24, 2.45) is 0 Å². The quantitative estimate of drug-likeness (QED) is 0.228. The van der Waals surface area contributed by atoms with E-state index in [1.54, 1.807) is 0 Å². The van der Waals surface area contributed by atoms with Crippen LogP contribution in [-0.4, -0.2) is 69.5 Å². The van der Waals surface area contributed by atoms with Crippen molar-refractivity contribution in [2.75, 3.05) is 9.80 Å². The summed E-state index contributed by atoms with van der Waals surface area (Å²) >= 11 is 0. The summed E-state index contributed by atoms with van der Waals surface area (Å²) < 4.78 is 7.68. The van der Waals surface area contributed by atoms with Crippen LogP contribution in [0.5, 0.6) is 0 Å². The van der Waals surface area contributed by atoms with E-state index in [0.29, 0.717) is 22.0 Å². The monoisotopic (exact) mass is 921 g/mol. The van der Waals surface area contributed by atoms with Crippen LogP contribution in [0.2, 0.25) is 0 Å². The Bertz CT molecular complexity index is 3370. The van der Waals surface area contributed by atoms with Crippen LogP contribution in [0.3, 0.4) is 0 Å². The molecule has 0 bridgehead atoms. The van der Waals surface area contributed by atoms with Gasteiger partial charge in [-0.1, -0.05) is 136 Å². The van der Waals surface area contributed by atoms with Crippen LogP contribution in [-0.2, 0) is 27.1 Å². The van der Waals surface area contributed by atoms with E-state index in [2.05, 4.69) is 173 Å². The minimum absolute atomic E-state index is 0.0354. The molecule has 16 radical (unpaired) electrons. The van der Waals surface area contributed by atoms with Crippen LogP contribution in [0.4, 0.5) is 34.1 Å². The fraction of sp³-hybridized carbons (Fsp3) is 0.333. The number of benzene rings is 6. The molecule has 7 aromatic rings. The Morgan fingerprint density at radius 1 is 0.514 bits per heavy atom. The Morgan fingerprint density at radius 2 is 1.03 bits per heavy atom. The molecule has 0 saturated carbocycles. The molecule has 6 aromatic carbocycles. The van der Waals surface area contributed by atoms with Crippen molar-refractivity contribution in [3.63, 3.8) is 0 Å². The Morgan fingerprint density at radius 3 is 1.61 bits per heavy atom. The summed E-state index contributed by atoms with van der Waals surface area (Å²) in [4.78, 5) is 4.87. The molecule has 3 heterocycles. The molecule has 0 spiro atoms. The maximum atomic E-state index is 7.68. The molecular weight excluding hydrogens is 862 g/mol. The zero-order valence-corrected chi connectivity index (χ0v) is 44.5. The second kappa shape index (κ2) is 16.6. The highest BCUT2D eigenvalue weighted by Gasteiger charge is 2.53. The van der Waals surface area contributed by atoms with Crippen LogP contribution in [0.25, 0.3) is 11.1 Å². The number of nitrogens with zero attached hydrogens (tertiary/aromatic N) is 2. The molecule has 1 aliphatic carbocycles. The molecule has 1 aromatic heterocycles. The van der Waals surface area contributed by atoms with Crippen LogP contribution >= 0.6 is 0 Å². The normalized spacial score (nSPS) is 15.8. The second-order valence-electron chi connectivity index (χ2n) is 24.8. The molecule has 72 heavy (non-hydrogen) atoms. The van der Waals surface area contributed by atoms with Gasteiger partial charge in [-0.3, -0.25) is 0 Å². The summed E-state index contributed by atoms with van der Waals surface area (Å²) in [6, 6.07) is 31.0. The summed E-state index contributed by atoms with van der Waals surface area (Å²) in [5.74, 6) is 1.05. The zero-order valence-electron chi connectivity index (χ0n) is 44.5. The minimum Gasteiger partial charge on any atom is -0.472 e. The number of hydrogen-bond acceptors (Lipinski definition) is 3. The van der Waals surface area contributed by atoms with Crippen molar-refractivity contribution in [2.45, 2.75) is 130 Å². The SMILES string of the molecule is [B]c1cc(C(C)(C)c2ccc3c(c2)B2c4oc5c(c4N(c4ccc(C(C)(C)C)cc4)c4cc(C)cc(c42)N3c2ccc(C(C)(C)C)cc2-c2c([B])c([B])c([B])c([B])c2[B])C(C)(C)CCC5(C)C)cc([B])c1[B]. The maximum Gasteiger partial charge on any atom is 0.297 e. The molecule has 3 nitrogen and oxygen atoms in total. The Hall–Kier alpha value is -5.22. The molecule has 0 N–H and O–H groups in total. The van der Waals surface area contributed by atoms with Crippen molar-refractivity contribution >= 4 is 164 Å². The summed E-state index contributed by atoms with van der Waals surface area (Å²) in [5, 5.41) is 0. The van der Waals surface area contributed by atoms with Crippen molar-refractivity contribution in [1.29, 1.82) is 0 Å². The molecule has 3 aliphatic rings. The van der Waals surface area contributed by atoms with Gasteiger partial charge in [0.2, 0.25) is 0 Å². The number of furan rings is 1. The molecule has 0 amide bonds. The van der Waals surface area contributed by atoms with E-state index < -0.39 is 5.41 Å². The smallest absolute Gasteiger partial charge is 0.297 e. The summed E-state index contributed by atoms with van der Waals surface area (Å²) in [5.41, 5.74) is 18.3. The highest BCUT2D eigenvalue weighted by Crippen LogP contribution is 2.55. The van der Waals surface area contributed by atoms with Gasteiger partial charge in [0.25, 0.3) is 6.71 Å². The largest absolute Gasteiger partial charge is 0.472 e. The van der Waals surface area contributed by atoms with Gasteiger partial charge in [-0.2, -0.15) is 0 Å². The van der Waals surface area contributed by atoms with Gasteiger partial charge in [-0.15, -0.1) is 32.8 Å². The first-order valence-corrected chi connectivity index (χ1v) is 25.2. The number of anilines is 6. The molecule has 0 fully saturated rings. The predicted octanol–water partition coefficient (Wildman–Crippen LogP) is 4.96. The van der Waals surface area contributed by atoms with Gasteiger partial charge < -0.3 is 14.2 Å². The van der Waals surface area contributed by atoms with E-state index in [4.69, 9.17) is 67.2 Å². The second-order valence-corrected chi connectivity index (χ2v) is 24.8. The van der Waals surface area contributed by atoms with Gasteiger partial charge in [0.15, 0.2) is 0 Å². The Kier molecular flexibility index (Phi) is 11.6. The van der Waals surface area contributed by atoms with Crippen molar-refractivity contribution in [3.05, 3.63) is 124 Å². The van der Waals surface area contributed by atoms with Crippen molar-refractivity contribution in [1.82, 2.24) is 0 Å². The molecule has 0 unspecified atom stereocenters. The first-order chi connectivity index (χ1) is 33.5. The molecule has 2 aliphatic heterocycles. The summed E-state index contributed by atoms with van der Waals surface area (Å²) in [6.45, 7) is 29.1. The number of hydrogen-bond donors (Lipinski definition) is 0. The van der Waals surface area contributed by atoms with E-state index >= 15 is 0 Å². The Balaban J connectivity index is 1.36. The first-order valence-electron chi connectivity index (χ1n) is 25.2. The number of rotatable bonds is 5. The van der Waals surface area contributed by atoms with Crippen LogP contribution < -0.4 is 70.1 Å². The fourth-order valence-electron chi connectivity index (χ4n) is 11.7. The first kappa shape index (κ1) is 50.3. The molecule has 12 heteroatoms. The lowest BCUT2D eigenvalue weighted by Gasteiger charge is -2.45. The zero-order chi connectivity index (χ0) is 52.3. The standard InChI is InChI=1S/C60H57B9N2O/c1-30-24-42-52-43(25-30)71(40-20-16-32(57(5,6)7)26-36(40)44-47(64)49(66)51(68)50(67)48(44)65)41-21-17-33(60(12,13)34-27-37(61)46(63)38(62)28-34)29-39(41)69(52)55-53(45-54(72-55)59(10,11)23-22-58(45,8)9)70(42)35-18-14-31(15-19-35)56(2,3)4/h14-21,24-29H,22-23H2,1-13H3. The van der Waals surface area contributed by atoms with Crippen LogP contribution in [0.1, 0.15) is 135 Å². The number of aryl methyl sites for hydroxylation is 1. The minimum atomic E-state index is -0.571. The molecule has 340 valence electrons. The lowest BCUT2D eigenvalue weighted by Crippen LogP contribution is -2.61. The van der Waals surface area contributed by atoms with E-state index in [1.165, 1.54) is 11.1 Å². The topological polar surface area (TPSA) is 19.6 Å². The van der Waals surface area contributed by atoms with Gasteiger partial charge in [-0.25, -0.2) is 0 Å². The van der Waals surface area contributed by atoms with Gasteiger partial charge in [-0.05, 0) is 123 Å². The van der Waals surface area contributed by atoms with Crippen LogP contribution in [0.15, 0.2) is 89.3 Å².